The first-order valence-corrected chi connectivity index (χ1v) is 5.17. The minimum absolute atomic E-state index is 0.00759. The van der Waals surface area contributed by atoms with Crippen molar-refractivity contribution in [3.8, 4) is 0 Å². The summed E-state index contributed by atoms with van der Waals surface area (Å²) in [6.07, 6.45) is 1.20. The van der Waals surface area contributed by atoms with E-state index in [0.717, 1.165) is 17.7 Å². The van der Waals surface area contributed by atoms with Crippen LogP contribution in [0.2, 0.25) is 0 Å². The van der Waals surface area contributed by atoms with Crippen molar-refractivity contribution in [3.63, 3.8) is 0 Å². The van der Waals surface area contributed by atoms with Gasteiger partial charge in [-0.2, -0.15) is 0 Å². The molecule has 0 spiro atoms. The van der Waals surface area contributed by atoms with E-state index >= 15 is 0 Å². The summed E-state index contributed by atoms with van der Waals surface area (Å²) < 4.78 is 4.58. The summed E-state index contributed by atoms with van der Waals surface area (Å²) >= 11 is 0. The first-order valence-electron chi connectivity index (χ1n) is 5.17. The Morgan fingerprint density at radius 2 is 2.12 bits per heavy atom. The van der Waals surface area contributed by atoms with Crippen LogP contribution in [0.5, 0.6) is 0 Å². The lowest BCUT2D eigenvalue weighted by atomic mass is 10.0. The normalized spacial score (nSPS) is 14.6. The molecule has 1 aromatic carbocycles. The standard InChI is InChI=1S/C12H13NO3/c1-16-12(15)8-13-10-5-3-2-4-9(10)6-7-11(13)14/h2-5H,6-8H2,1H3. The highest BCUT2D eigenvalue weighted by atomic mass is 16.5. The topological polar surface area (TPSA) is 46.6 Å². The lowest BCUT2D eigenvalue weighted by Gasteiger charge is -2.28. The van der Waals surface area contributed by atoms with Gasteiger partial charge in [0.05, 0.1) is 7.11 Å². The SMILES string of the molecule is COC(=O)CN1C(=O)CCc2ccccc21. The van der Waals surface area contributed by atoms with E-state index < -0.39 is 5.97 Å². The van der Waals surface area contributed by atoms with Gasteiger partial charge in [0.1, 0.15) is 6.54 Å². The van der Waals surface area contributed by atoms with Gasteiger partial charge in [0, 0.05) is 12.1 Å². The Hall–Kier alpha value is -1.84. The molecule has 0 bridgehead atoms. The third-order valence-corrected chi connectivity index (χ3v) is 2.71. The highest BCUT2D eigenvalue weighted by Gasteiger charge is 2.25. The van der Waals surface area contributed by atoms with Crippen LogP contribution in [-0.2, 0) is 20.7 Å². The lowest BCUT2D eigenvalue weighted by Crippen LogP contribution is -2.39. The minimum atomic E-state index is -0.398. The molecule has 0 radical (unpaired) electrons. The monoisotopic (exact) mass is 219 g/mol. The van der Waals surface area contributed by atoms with E-state index in [0.29, 0.717) is 6.42 Å². The number of esters is 1. The summed E-state index contributed by atoms with van der Waals surface area (Å²) in [7, 11) is 1.32. The van der Waals surface area contributed by atoms with Crippen LogP contribution in [0.1, 0.15) is 12.0 Å². The molecular formula is C12H13NO3. The van der Waals surface area contributed by atoms with Crippen molar-refractivity contribution < 1.29 is 14.3 Å². The number of fused-ring (bicyclic) bond motifs is 1. The zero-order chi connectivity index (χ0) is 11.5. The van der Waals surface area contributed by atoms with E-state index in [2.05, 4.69) is 4.74 Å². The summed E-state index contributed by atoms with van der Waals surface area (Å²) in [6.45, 7) is -0.00759. The molecule has 0 atom stereocenters. The zero-order valence-corrected chi connectivity index (χ0v) is 9.10. The maximum absolute atomic E-state index is 11.7. The van der Waals surface area contributed by atoms with E-state index in [1.165, 1.54) is 12.0 Å². The molecule has 0 N–H and O–H groups in total. The van der Waals surface area contributed by atoms with Crippen molar-refractivity contribution in [2.45, 2.75) is 12.8 Å². The Kier molecular flexibility index (Phi) is 2.90. The summed E-state index contributed by atoms with van der Waals surface area (Å²) in [5.41, 5.74) is 1.93. The number of nitrogens with zero attached hydrogens (tertiary/aromatic N) is 1. The summed E-state index contributed by atoms with van der Waals surface area (Å²) in [5, 5.41) is 0. The largest absolute Gasteiger partial charge is 0.468 e. The van der Waals surface area contributed by atoms with E-state index in [1.54, 1.807) is 0 Å². The van der Waals surface area contributed by atoms with Crippen molar-refractivity contribution >= 4 is 17.6 Å². The fourth-order valence-corrected chi connectivity index (χ4v) is 1.86. The second kappa shape index (κ2) is 4.35. The second-order valence-corrected chi connectivity index (χ2v) is 3.68. The number of para-hydroxylation sites is 1. The maximum atomic E-state index is 11.7. The molecule has 0 unspecified atom stereocenters. The van der Waals surface area contributed by atoms with Gasteiger partial charge in [-0.1, -0.05) is 18.2 Å². The van der Waals surface area contributed by atoms with Crippen LogP contribution in [-0.4, -0.2) is 25.5 Å². The number of methoxy groups -OCH3 is 1. The zero-order valence-electron chi connectivity index (χ0n) is 9.10. The highest BCUT2D eigenvalue weighted by molar-refractivity contribution is 6.00. The average Bonchev–Trinajstić information content (AvgIpc) is 2.32. The minimum Gasteiger partial charge on any atom is -0.468 e. The first kappa shape index (κ1) is 10.7. The van der Waals surface area contributed by atoms with Crippen LogP contribution in [0, 0.1) is 0 Å². The molecule has 1 aliphatic rings. The summed E-state index contributed by atoms with van der Waals surface area (Å²) in [5.74, 6) is -0.422. The van der Waals surface area contributed by atoms with Crippen LogP contribution in [0.3, 0.4) is 0 Å². The Balaban J connectivity index is 2.29. The molecule has 4 nitrogen and oxygen atoms in total. The van der Waals surface area contributed by atoms with Gasteiger partial charge in [0.15, 0.2) is 0 Å². The van der Waals surface area contributed by atoms with Crippen LogP contribution in [0.25, 0.3) is 0 Å². The van der Waals surface area contributed by atoms with Gasteiger partial charge in [-0.15, -0.1) is 0 Å². The van der Waals surface area contributed by atoms with Crippen LogP contribution in [0.4, 0.5) is 5.69 Å². The molecule has 84 valence electrons. The molecular weight excluding hydrogens is 206 g/mol. The Morgan fingerprint density at radius 1 is 1.38 bits per heavy atom. The van der Waals surface area contributed by atoms with Crippen molar-refractivity contribution in [3.05, 3.63) is 29.8 Å². The van der Waals surface area contributed by atoms with Gasteiger partial charge in [-0.3, -0.25) is 9.59 Å². The molecule has 0 saturated heterocycles. The Labute approximate surface area is 93.8 Å². The third kappa shape index (κ3) is 1.91. The third-order valence-electron chi connectivity index (χ3n) is 2.71. The van der Waals surface area contributed by atoms with E-state index in [4.69, 9.17) is 0 Å². The number of carbonyl (C=O) groups is 2. The van der Waals surface area contributed by atoms with Crippen molar-refractivity contribution in [2.24, 2.45) is 0 Å². The molecule has 0 aliphatic carbocycles. The van der Waals surface area contributed by atoms with Crippen LogP contribution < -0.4 is 4.90 Å². The van der Waals surface area contributed by atoms with E-state index in [1.807, 2.05) is 24.3 Å². The molecule has 1 amide bonds. The fourth-order valence-electron chi connectivity index (χ4n) is 1.86. The van der Waals surface area contributed by atoms with Crippen molar-refractivity contribution in [1.29, 1.82) is 0 Å². The van der Waals surface area contributed by atoms with Gasteiger partial charge < -0.3 is 9.64 Å². The Bertz CT molecular complexity index is 428. The van der Waals surface area contributed by atoms with Crippen LogP contribution >= 0.6 is 0 Å². The van der Waals surface area contributed by atoms with Gasteiger partial charge in [0.2, 0.25) is 5.91 Å². The van der Waals surface area contributed by atoms with Gasteiger partial charge in [-0.25, -0.2) is 0 Å². The maximum Gasteiger partial charge on any atom is 0.325 e. The molecule has 1 heterocycles. The highest BCUT2D eigenvalue weighted by Crippen LogP contribution is 2.27. The predicted molar refractivity (Wildman–Crippen MR) is 59.1 cm³/mol. The van der Waals surface area contributed by atoms with E-state index in [-0.39, 0.29) is 12.5 Å². The molecule has 0 fully saturated rings. The predicted octanol–water partition coefficient (Wildman–Crippen LogP) is 1.14. The molecule has 2 rings (SSSR count). The first-order chi connectivity index (χ1) is 7.72. The van der Waals surface area contributed by atoms with Gasteiger partial charge in [-0.05, 0) is 18.1 Å². The number of amides is 1. The lowest BCUT2D eigenvalue weighted by molar-refractivity contribution is -0.140. The molecule has 1 aliphatic heterocycles. The molecule has 0 saturated carbocycles. The number of rotatable bonds is 2. The van der Waals surface area contributed by atoms with Crippen LogP contribution in [0.15, 0.2) is 24.3 Å². The number of benzene rings is 1. The number of anilines is 1. The molecule has 16 heavy (non-hydrogen) atoms. The van der Waals surface area contributed by atoms with Crippen molar-refractivity contribution in [1.82, 2.24) is 0 Å². The number of hydrogen-bond donors (Lipinski definition) is 0. The van der Waals surface area contributed by atoms with E-state index in [9.17, 15) is 9.59 Å². The quantitative estimate of drug-likeness (QED) is 0.701. The van der Waals surface area contributed by atoms with Crippen molar-refractivity contribution in [2.75, 3.05) is 18.6 Å². The number of hydrogen-bond acceptors (Lipinski definition) is 3. The molecule has 4 heteroatoms. The van der Waals surface area contributed by atoms with Gasteiger partial charge >= 0.3 is 5.97 Å². The fraction of sp³-hybridized carbons (Fsp3) is 0.333. The summed E-state index contributed by atoms with van der Waals surface area (Å²) in [6, 6.07) is 7.63. The smallest absolute Gasteiger partial charge is 0.325 e. The number of aryl methyl sites for hydroxylation is 1. The van der Waals surface area contributed by atoms with Gasteiger partial charge in [0.25, 0.3) is 0 Å². The summed E-state index contributed by atoms with van der Waals surface area (Å²) in [4.78, 5) is 24.4. The second-order valence-electron chi connectivity index (χ2n) is 3.68. The molecule has 0 aromatic heterocycles. The average molecular weight is 219 g/mol. The number of carbonyl (C=O) groups excluding carboxylic acids is 2. The molecule has 1 aromatic rings. The Morgan fingerprint density at radius 3 is 2.88 bits per heavy atom. The number of ether oxygens (including phenoxy) is 1.